The van der Waals surface area contributed by atoms with Crippen molar-refractivity contribution in [3.63, 3.8) is 0 Å². The van der Waals surface area contributed by atoms with Gasteiger partial charge >= 0.3 is 0 Å². The van der Waals surface area contributed by atoms with Gasteiger partial charge in [-0.3, -0.25) is 0 Å². The molecule has 7 heteroatoms. The number of aliphatic hydroxyl groups is 3. The van der Waals surface area contributed by atoms with Crippen molar-refractivity contribution >= 4 is 13.6 Å². The van der Waals surface area contributed by atoms with Gasteiger partial charge in [0.15, 0.2) is 0 Å². The molecule has 0 aliphatic carbocycles. The fraction of sp³-hybridized carbons (Fsp3) is 0.824. The van der Waals surface area contributed by atoms with E-state index in [1.807, 2.05) is 13.8 Å². The van der Waals surface area contributed by atoms with Crippen LogP contribution in [0.4, 0.5) is 0 Å². The van der Waals surface area contributed by atoms with Crippen LogP contribution in [0.15, 0.2) is 11.7 Å². The van der Waals surface area contributed by atoms with Crippen molar-refractivity contribution < 1.29 is 20.1 Å². The quantitative estimate of drug-likeness (QED) is 0.480. The van der Waals surface area contributed by atoms with E-state index in [0.717, 1.165) is 0 Å². The number of carbonyl (C=O) groups excluding carboxylic acids is 1. The Morgan fingerprint density at radius 1 is 1.08 bits per heavy atom. The van der Waals surface area contributed by atoms with E-state index in [2.05, 4.69) is 0 Å². The molecule has 0 aromatic carbocycles. The molecule has 0 unspecified atom stereocenters. The summed E-state index contributed by atoms with van der Waals surface area (Å²) in [7, 11) is 5.08. The van der Waals surface area contributed by atoms with Gasteiger partial charge in [0.1, 0.15) is 13.6 Å². The van der Waals surface area contributed by atoms with Gasteiger partial charge < -0.3 is 31.6 Å². The van der Waals surface area contributed by atoms with Gasteiger partial charge in [0.2, 0.25) is 0 Å². The molecule has 0 saturated carbocycles. The smallest absolute Gasteiger partial charge is 0.126 e. The molecule has 146 valence electrons. The van der Waals surface area contributed by atoms with Gasteiger partial charge in [-0.25, -0.2) is 0 Å². The first-order chi connectivity index (χ1) is 10.5. The molecule has 0 aliphatic rings. The van der Waals surface area contributed by atoms with E-state index in [4.69, 9.17) is 34.6 Å². The van der Waals surface area contributed by atoms with Crippen LogP contribution in [0.25, 0.3) is 0 Å². The zero-order chi connectivity index (χ0) is 21.1. The fourth-order valence-corrected chi connectivity index (χ4v) is 0.0680. The molecule has 0 aliphatic heterocycles. The van der Waals surface area contributed by atoms with Gasteiger partial charge in [0.05, 0.1) is 11.2 Å². The Morgan fingerprint density at radius 3 is 1.25 bits per heavy atom. The Kier molecular flexibility index (Phi) is 28.9. The molecule has 6 nitrogen and oxygen atoms in total. The van der Waals surface area contributed by atoms with E-state index in [9.17, 15) is 4.79 Å². The molecule has 0 bridgehead atoms. The monoisotopic (exact) mass is 348 g/mol. The minimum absolute atomic E-state index is 0.167. The summed E-state index contributed by atoms with van der Waals surface area (Å²) in [5.41, 5.74) is 8.43. The second kappa shape index (κ2) is 20.2. The van der Waals surface area contributed by atoms with Crippen LogP contribution in [0.5, 0.6) is 0 Å². The Hall–Kier alpha value is -0.885. The predicted molar refractivity (Wildman–Crippen MR) is 105 cm³/mol. The molecule has 0 rings (SSSR count). The summed E-state index contributed by atoms with van der Waals surface area (Å²) in [6, 6.07) is 0. The average Bonchev–Trinajstić information content (AvgIpc) is 2.37. The molecule has 0 saturated heterocycles. The number of rotatable bonds is 2. The first-order valence-corrected chi connectivity index (χ1v) is 7.99. The van der Waals surface area contributed by atoms with Gasteiger partial charge in [-0.2, -0.15) is 0 Å². The van der Waals surface area contributed by atoms with Crippen molar-refractivity contribution in [1.82, 2.24) is 0 Å². The van der Waals surface area contributed by atoms with E-state index in [1.165, 1.54) is 20.0 Å². The van der Waals surface area contributed by atoms with E-state index in [-0.39, 0.29) is 11.9 Å². The van der Waals surface area contributed by atoms with E-state index >= 15 is 0 Å². The van der Waals surface area contributed by atoms with Gasteiger partial charge in [-0.1, -0.05) is 19.3 Å². The highest BCUT2D eigenvalue weighted by atomic mass is 16.3. The second-order valence-electron chi connectivity index (χ2n) is 6.07. The lowest BCUT2D eigenvalue weighted by Crippen LogP contribution is -2.44. The summed E-state index contributed by atoms with van der Waals surface area (Å²) in [5, 5.41) is 26.3. The molecule has 0 aromatic heterocycles. The van der Waals surface area contributed by atoms with Crippen LogP contribution in [0.3, 0.4) is 0 Å². The topological polar surface area (TPSA) is 130 Å². The SMILES string of the molecule is CC.CC(C)(O)C(C)(C)O.CC(C)=O.CC(C)O.[B]/C(=C/N)CN. The summed E-state index contributed by atoms with van der Waals surface area (Å²) >= 11 is 0. The van der Waals surface area contributed by atoms with Gasteiger partial charge in [-0.05, 0) is 61.6 Å². The van der Waals surface area contributed by atoms with Gasteiger partial charge in [0, 0.05) is 12.6 Å². The normalized spacial score (nSPS) is 10.5. The van der Waals surface area contributed by atoms with E-state index in [0.29, 0.717) is 12.0 Å². The van der Waals surface area contributed by atoms with Crippen molar-refractivity contribution in [1.29, 1.82) is 0 Å². The third-order valence-corrected chi connectivity index (χ3v) is 1.95. The third-order valence-electron chi connectivity index (χ3n) is 1.95. The van der Waals surface area contributed by atoms with Crippen LogP contribution >= 0.6 is 0 Å². The Bertz CT molecular complexity index is 275. The maximum atomic E-state index is 9.44. The number of hydrogen-bond acceptors (Lipinski definition) is 6. The highest BCUT2D eigenvalue weighted by Gasteiger charge is 2.31. The standard InChI is InChI=1S/C6H14O2.C3H7BN2.C3H8O.C3H6O.C2H6/c1-5(2,7)6(3,4)8;4-3(1-5)2-6;2*1-3(2)4;1-2/h7-8H,1-4H3;1H,2,5-6H2;3-4H,1-2H3;1-2H3;1-2H3/b;3-1+;;;. The Balaban J connectivity index is -0.0000000672. The van der Waals surface area contributed by atoms with Gasteiger partial charge in [0.25, 0.3) is 0 Å². The first kappa shape index (κ1) is 34.5. The number of hydrogen-bond donors (Lipinski definition) is 5. The minimum atomic E-state index is -1.01. The van der Waals surface area contributed by atoms with Crippen molar-refractivity contribution in [2.45, 2.75) is 86.5 Å². The van der Waals surface area contributed by atoms with Crippen molar-refractivity contribution in [2.75, 3.05) is 6.54 Å². The van der Waals surface area contributed by atoms with Gasteiger partial charge in [-0.15, -0.1) is 0 Å². The molecule has 24 heavy (non-hydrogen) atoms. The molecule has 0 heterocycles. The zero-order valence-electron chi connectivity index (χ0n) is 17.3. The highest BCUT2D eigenvalue weighted by molar-refractivity contribution is 6.21. The number of ketones is 1. The first-order valence-electron chi connectivity index (χ1n) is 7.99. The lowest BCUT2D eigenvalue weighted by Gasteiger charge is -2.31. The summed E-state index contributed by atoms with van der Waals surface area (Å²) in [5.74, 6) is 0.167. The van der Waals surface area contributed by atoms with Crippen molar-refractivity contribution in [2.24, 2.45) is 11.5 Å². The average molecular weight is 348 g/mol. The molecule has 0 atom stereocenters. The second-order valence-corrected chi connectivity index (χ2v) is 6.07. The Labute approximate surface area is 150 Å². The largest absolute Gasteiger partial charge is 0.405 e. The summed E-state index contributed by atoms with van der Waals surface area (Å²) in [6.07, 6.45) is 1.12. The molecular formula is C17H41BN2O4. The number of aliphatic hydroxyl groups excluding tert-OH is 1. The van der Waals surface area contributed by atoms with Crippen molar-refractivity contribution in [3.8, 4) is 0 Å². The molecule has 0 aromatic rings. The summed E-state index contributed by atoms with van der Waals surface area (Å²) in [4.78, 5) is 9.44. The number of nitrogens with two attached hydrogens (primary N) is 2. The van der Waals surface area contributed by atoms with E-state index < -0.39 is 11.2 Å². The highest BCUT2D eigenvalue weighted by Crippen LogP contribution is 2.19. The van der Waals surface area contributed by atoms with Crippen LogP contribution in [-0.2, 0) is 4.79 Å². The zero-order valence-corrected chi connectivity index (χ0v) is 17.3. The lowest BCUT2D eigenvalue weighted by atomic mass is 9.90. The van der Waals surface area contributed by atoms with Crippen LogP contribution in [0.1, 0.15) is 69.2 Å². The molecule has 7 N–H and O–H groups in total. The van der Waals surface area contributed by atoms with E-state index in [1.54, 1.807) is 41.5 Å². The molecule has 0 amide bonds. The number of Topliss-reactive ketones (excluding diaryl/α,β-unsaturated/α-hetero) is 1. The number of carbonyl (C=O) groups is 1. The molecule has 0 fully saturated rings. The van der Waals surface area contributed by atoms with Crippen LogP contribution in [-0.4, -0.2) is 52.8 Å². The maximum Gasteiger partial charge on any atom is 0.126 e. The third kappa shape index (κ3) is 58.2. The molecule has 0 spiro atoms. The minimum Gasteiger partial charge on any atom is -0.405 e. The predicted octanol–water partition coefficient (Wildman–Crippen LogP) is 1.45. The summed E-state index contributed by atoms with van der Waals surface area (Å²) < 4.78 is 0. The summed E-state index contributed by atoms with van der Waals surface area (Å²) in [6.45, 7) is 17.1. The van der Waals surface area contributed by atoms with Crippen LogP contribution in [0.2, 0.25) is 0 Å². The lowest BCUT2D eigenvalue weighted by molar-refractivity contribution is -0.115. The Morgan fingerprint density at radius 2 is 1.25 bits per heavy atom. The maximum absolute atomic E-state index is 9.44. The van der Waals surface area contributed by atoms with Crippen molar-refractivity contribution in [3.05, 3.63) is 11.7 Å². The molecular weight excluding hydrogens is 307 g/mol. The van der Waals surface area contributed by atoms with Crippen LogP contribution in [0, 0.1) is 0 Å². The van der Waals surface area contributed by atoms with Crippen LogP contribution < -0.4 is 11.5 Å². The molecule has 2 radical (unpaired) electrons. The fourth-order valence-electron chi connectivity index (χ4n) is 0.0680.